The van der Waals surface area contributed by atoms with Crippen molar-refractivity contribution < 1.29 is 27.5 Å². The zero-order chi connectivity index (χ0) is 23.2. The van der Waals surface area contributed by atoms with Crippen molar-refractivity contribution in [3.05, 3.63) is 24.3 Å². The highest BCUT2D eigenvalue weighted by Crippen LogP contribution is 2.26. The molecule has 0 heterocycles. The summed E-state index contributed by atoms with van der Waals surface area (Å²) < 4.78 is 38.0. The maximum atomic E-state index is 12.7. The Balaban J connectivity index is 1.97. The monoisotopic (exact) mass is 454 g/mol. The number of esters is 1. The lowest BCUT2D eigenvalue weighted by molar-refractivity contribution is -0.154. The van der Waals surface area contributed by atoms with Gasteiger partial charge in [-0.05, 0) is 61.8 Å². The highest BCUT2D eigenvalue weighted by Gasteiger charge is 2.31. The van der Waals surface area contributed by atoms with E-state index in [4.69, 9.17) is 9.47 Å². The highest BCUT2D eigenvalue weighted by molar-refractivity contribution is 7.89. The molecule has 0 spiro atoms. The normalized spacial score (nSPS) is 20.2. The summed E-state index contributed by atoms with van der Waals surface area (Å²) in [6.07, 6.45) is 4.02. The van der Waals surface area contributed by atoms with Crippen molar-refractivity contribution in [3.8, 4) is 5.75 Å². The molecule has 1 N–H and O–H groups in total. The molecule has 0 bridgehead atoms. The van der Waals surface area contributed by atoms with Gasteiger partial charge in [0.1, 0.15) is 11.8 Å². The Morgan fingerprint density at radius 2 is 1.71 bits per heavy atom. The third-order valence-corrected chi connectivity index (χ3v) is 7.29. The third kappa shape index (κ3) is 6.93. The molecule has 1 fully saturated rings. The van der Waals surface area contributed by atoms with Gasteiger partial charge in [0.05, 0.1) is 12.0 Å². The first kappa shape index (κ1) is 25.1. The van der Waals surface area contributed by atoms with E-state index in [0.717, 1.165) is 25.7 Å². The SMILES string of the molecule is COc1ccc(S(=O)(=O)N[C@H](C(=O)OCC(=O)N(C)C2CCC(C)CC2)C(C)C)cc1. The van der Waals surface area contributed by atoms with Gasteiger partial charge in [-0.15, -0.1) is 0 Å². The molecule has 9 heteroatoms. The number of ether oxygens (including phenoxy) is 2. The summed E-state index contributed by atoms with van der Waals surface area (Å²) in [4.78, 5) is 26.7. The molecular formula is C22H34N2O6S. The van der Waals surface area contributed by atoms with Gasteiger partial charge >= 0.3 is 5.97 Å². The summed E-state index contributed by atoms with van der Waals surface area (Å²) in [6.45, 7) is 5.22. The number of amides is 1. The van der Waals surface area contributed by atoms with Crippen LogP contribution >= 0.6 is 0 Å². The third-order valence-electron chi connectivity index (χ3n) is 5.84. The number of carbonyl (C=O) groups excluding carboxylic acids is 2. The van der Waals surface area contributed by atoms with Crippen molar-refractivity contribution in [1.29, 1.82) is 0 Å². The van der Waals surface area contributed by atoms with E-state index in [1.54, 1.807) is 25.8 Å². The second-order valence-electron chi connectivity index (χ2n) is 8.54. The van der Waals surface area contributed by atoms with E-state index in [1.165, 1.54) is 31.4 Å². The van der Waals surface area contributed by atoms with Crippen LogP contribution in [-0.4, -0.2) is 58.0 Å². The molecule has 1 saturated carbocycles. The number of benzene rings is 1. The molecule has 1 aromatic carbocycles. The number of rotatable bonds is 9. The standard InChI is InChI=1S/C22H34N2O6S/c1-15(2)21(23-31(27,28)19-12-10-18(29-5)11-13-19)22(26)30-14-20(25)24(4)17-8-6-16(3)7-9-17/h10-13,15-17,21,23H,6-9,14H2,1-5H3/t16?,17?,21-/m0/s1. The van der Waals surface area contributed by atoms with E-state index < -0.39 is 28.6 Å². The van der Waals surface area contributed by atoms with Crippen molar-refractivity contribution >= 4 is 21.9 Å². The summed E-state index contributed by atoms with van der Waals surface area (Å²) in [5.41, 5.74) is 0. The van der Waals surface area contributed by atoms with Crippen molar-refractivity contribution in [1.82, 2.24) is 9.62 Å². The van der Waals surface area contributed by atoms with Crippen molar-refractivity contribution in [2.45, 2.75) is 63.4 Å². The zero-order valence-corrected chi connectivity index (χ0v) is 19.8. The molecule has 1 atom stereocenters. The predicted molar refractivity (Wildman–Crippen MR) is 117 cm³/mol. The van der Waals surface area contributed by atoms with Crippen LogP contribution in [0.4, 0.5) is 0 Å². The van der Waals surface area contributed by atoms with Crippen LogP contribution in [0.3, 0.4) is 0 Å². The van der Waals surface area contributed by atoms with Gasteiger partial charge in [-0.25, -0.2) is 8.42 Å². The van der Waals surface area contributed by atoms with E-state index in [9.17, 15) is 18.0 Å². The number of carbonyl (C=O) groups is 2. The Bertz CT molecular complexity index is 845. The number of likely N-dealkylation sites (N-methyl/N-ethyl adjacent to an activating group) is 1. The molecule has 0 aromatic heterocycles. The van der Waals surface area contributed by atoms with Crippen LogP contribution in [0.5, 0.6) is 5.75 Å². The van der Waals surface area contributed by atoms with Gasteiger partial charge in [-0.2, -0.15) is 4.72 Å². The molecule has 1 amide bonds. The molecule has 0 radical (unpaired) electrons. The van der Waals surface area contributed by atoms with Crippen LogP contribution in [0.15, 0.2) is 29.2 Å². The number of nitrogens with zero attached hydrogens (tertiary/aromatic N) is 1. The molecule has 31 heavy (non-hydrogen) atoms. The maximum absolute atomic E-state index is 12.7. The number of hydrogen-bond donors (Lipinski definition) is 1. The second kappa shape index (κ2) is 10.9. The summed E-state index contributed by atoms with van der Waals surface area (Å²) in [6, 6.07) is 4.88. The average molecular weight is 455 g/mol. The van der Waals surface area contributed by atoms with Crippen molar-refractivity contribution in [3.63, 3.8) is 0 Å². The van der Waals surface area contributed by atoms with E-state index in [1.807, 2.05) is 0 Å². The Morgan fingerprint density at radius 1 is 1.13 bits per heavy atom. The van der Waals surface area contributed by atoms with Gasteiger partial charge in [0.25, 0.3) is 5.91 Å². The first-order valence-electron chi connectivity index (χ1n) is 10.6. The van der Waals surface area contributed by atoms with Crippen molar-refractivity contribution in [2.24, 2.45) is 11.8 Å². The first-order chi connectivity index (χ1) is 14.5. The quantitative estimate of drug-likeness (QED) is 0.576. The average Bonchev–Trinajstić information content (AvgIpc) is 2.75. The molecule has 1 aliphatic carbocycles. The molecule has 1 aliphatic rings. The van der Waals surface area contributed by atoms with Crippen LogP contribution in [0.2, 0.25) is 0 Å². The number of hydrogen-bond acceptors (Lipinski definition) is 6. The largest absolute Gasteiger partial charge is 0.497 e. The van der Waals surface area contributed by atoms with Crippen LogP contribution in [0, 0.1) is 11.8 Å². The molecular weight excluding hydrogens is 420 g/mol. The summed E-state index contributed by atoms with van der Waals surface area (Å²) in [5, 5.41) is 0. The Kier molecular flexibility index (Phi) is 8.88. The number of sulfonamides is 1. The predicted octanol–water partition coefficient (Wildman–Crippen LogP) is 2.58. The first-order valence-corrected chi connectivity index (χ1v) is 12.1. The fourth-order valence-electron chi connectivity index (χ4n) is 3.60. The Hall–Kier alpha value is -2.13. The topological polar surface area (TPSA) is 102 Å². The highest BCUT2D eigenvalue weighted by atomic mass is 32.2. The molecule has 0 aliphatic heterocycles. The Labute approximate surface area is 185 Å². The lowest BCUT2D eigenvalue weighted by atomic mass is 9.87. The van der Waals surface area contributed by atoms with Crippen molar-refractivity contribution in [2.75, 3.05) is 20.8 Å². The van der Waals surface area contributed by atoms with Gasteiger partial charge in [0, 0.05) is 13.1 Å². The number of nitrogens with one attached hydrogen (secondary N) is 1. The summed E-state index contributed by atoms with van der Waals surface area (Å²) >= 11 is 0. The van der Waals surface area contributed by atoms with Crippen LogP contribution in [0.25, 0.3) is 0 Å². The smallest absolute Gasteiger partial charge is 0.324 e. The van der Waals surface area contributed by atoms with Gasteiger partial charge in [-0.3, -0.25) is 9.59 Å². The van der Waals surface area contributed by atoms with E-state index >= 15 is 0 Å². The second-order valence-corrected chi connectivity index (χ2v) is 10.3. The van der Waals surface area contributed by atoms with Gasteiger partial charge in [0.15, 0.2) is 6.61 Å². The zero-order valence-electron chi connectivity index (χ0n) is 19.0. The Morgan fingerprint density at radius 3 is 2.23 bits per heavy atom. The molecule has 2 rings (SSSR count). The molecule has 0 unspecified atom stereocenters. The minimum atomic E-state index is -3.95. The van der Waals surface area contributed by atoms with Gasteiger partial charge < -0.3 is 14.4 Å². The van der Waals surface area contributed by atoms with E-state index in [-0.39, 0.29) is 22.8 Å². The maximum Gasteiger partial charge on any atom is 0.324 e. The van der Waals surface area contributed by atoms with Crippen LogP contribution < -0.4 is 9.46 Å². The molecule has 174 valence electrons. The summed E-state index contributed by atoms with van der Waals surface area (Å²) in [5.74, 6) is -0.232. The minimum absolute atomic E-state index is 0.00841. The fourth-order valence-corrected chi connectivity index (χ4v) is 4.94. The van der Waals surface area contributed by atoms with Gasteiger partial charge in [-0.1, -0.05) is 20.8 Å². The van der Waals surface area contributed by atoms with Crippen LogP contribution in [-0.2, 0) is 24.3 Å². The lowest BCUT2D eigenvalue weighted by Gasteiger charge is -2.33. The molecule has 1 aromatic rings. The lowest BCUT2D eigenvalue weighted by Crippen LogP contribution is -2.47. The van der Waals surface area contributed by atoms with E-state index in [0.29, 0.717) is 11.7 Å². The fraction of sp³-hybridized carbons (Fsp3) is 0.636. The van der Waals surface area contributed by atoms with E-state index in [2.05, 4.69) is 11.6 Å². The number of methoxy groups -OCH3 is 1. The molecule has 8 nitrogen and oxygen atoms in total. The minimum Gasteiger partial charge on any atom is -0.497 e. The summed E-state index contributed by atoms with van der Waals surface area (Å²) in [7, 11) is -0.742. The van der Waals surface area contributed by atoms with Gasteiger partial charge in [0.2, 0.25) is 10.0 Å². The molecule has 0 saturated heterocycles. The van der Waals surface area contributed by atoms with Crippen LogP contribution in [0.1, 0.15) is 46.5 Å².